The van der Waals surface area contributed by atoms with Crippen molar-refractivity contribution in [2.24, 2.45) is 11.8 Å². The van der Waals surface area contributed by atoms with Gasteiger partial charge in [-0.15, -0.1) is 21.5 Å². The molecule has 0 bridgehead atoms. The summed E-state index contributed by atoms with van der Waals surface area (Å²) in [6.07, 6.45) is 2.61. The number of nitrogens with one attached hydrogen (secondary N) is 4. The molecule has 1 aliphatic heterocycles. The van der Waals surface area contributed by atoms with Gasteiger partial charge >= 0.3 is 0 Å². The lowest BCUT2D eigenvalue weighted by molar-refractivity contribution is -0.117. The van der Waals surface area contributed by atoms with Crippen LogP contribution in [0, 0.1) is 18.8 Å². The molecule has 0 radical (unpaired) electrons. The highest BCUT2D eigenvalue weighted by molar-refractivity contribution is 7.17. The first kappa shape index (κ1) is 24.7. The van der Waals surface area contributed by atoms with Crippen LogP contribution in [0.5, 0.6) is 5.75 Å². The minimum absolute atomic E-state index is 0.0937. The van der Waals surface area contributed by atoms with Crippen molar-refractivity contribution in [3.8, 4) is 16.3 Å². The number of rotatable bonds is 10. The monoisotopic (exact) mass is 581 g/mol. The molecule has 3 amide bonds. The fraction of sp³-hybridized carbons (Fsp3) is 0.429. The van der Waals surface area contributed by atoms with E-state index in [1.165, 1.54) is 24.5 Å². The second kappa shape index (κ2) is 12.2. The Morgan fingerprint density at radius 3 is 2.71 bits per heavy atom. The van der Waals surface area contributed by atoms with Crippen molar-refractivity contribution in [3.63, 3.8) is 0 Å². The third-order valence-electron chi connectivity index (χ3n) is 7.08. The van der Waals surface area contributed by atoms with E-state index in [4.69, 9.17) is 8.85 Å². The topological polar surface area (TPSA) is 150 Å². The molecule has 3 aromatic rings. The standard InChI is InChI=1S/C28H34N8O4S/c1-15-24(27(39)30-13-16-10-11-36(3)14-16)41-28(31-15)18-6-5-7-19(23(18)40-4)32-20-12-21(33-25(37)17-8-9-17)34-35-22(20)26(38)29-2/h5-7,12,16-17H,8-11,13-14H2,1-4H3,(H,29,38)(H,30,39)(H2,32,33,34,37)/i2D3. The molecule has 1 aliphatic carbocycles. The summed E-state index contributed by atoms with van der Waals surface area (Å²) >= 11 is 1.24. The Hall–Kier alpha value is -4.10. The predicted octanol–water partition coefficient (Wildman–Crippen LogP) is 3.05. The van der Waals surface area contributed by atoms with Gasteiger partial charge in [0.1, 0.15) is 9.88 Å². The van der Waals surface area contributed by atoms with Crippen LogP contribution in [0.15, 0.2) is 24.3 Å². The number of benzene rings is 1. The van der Waals surface area contributed by atoms with Crippen molar-refractivity contribution in [2.75, 3.05) is 51.4 Å². The molecule has 12 nitrogen and oxygen atoms in total. The van der Waals surface area contributed by atoms with Crippen molar-refractivity contribution in [3.05, 3.63) is 40.5 Å². The largest absolute Gasteiger partial charge is 0.494 e. The number of amides is 3. The number of nitrogens with zero attached hydrogens (tertiary/aromatic N) is 4. The fourth-order valence-electron chi connectivity index (χ4n) is 4.75. The van der Waals surface area contributed by atoms with Crippen LogP contribution in [0.25, 0.3) is 10.6 Å². The quantitative estimate of drug-likeness (QED) is 0.283. The molecule has 1 saturated carbocycles. The molecule has 2 aromatic heterocycles. The van der Waals surface area contributed by atoms with E-state index >= 15 is 0 Å². The molecule has 41 heavy (non-hydrogen) atoms. The van der Waals surface area contributed by atoms with Crippen LogP contribution in [-0.2, 0) is 4.79 Å². The van der Waals surface area contributed by atoms with Crippen LogP contribution >= 0.6 is 11.3 Å². The summed E-state index contributed by atoms with van der Waals surface area (Å²) in [5.41, 5.74) is 1.39. The van der Waals surface area contributed by atoms with Crippen LogP contribution in [0.3, 0.4) is 0 Å². The Morgan fingerprint density at radius 2 is 2.00 bits per heavy atom. The molecule has 3 heterocycles. The van der Waals surface area contributed by atoms with E-state index in [-0.39, 0.29) is 34.9 Å². The Bertz CT molecular complexity index is 1580. The first-order valence-electron chi connectivity index (χ1n) is 14.8. The molecule has 13 heteroatoms. The van der Waals surface area contributed by atoms with E-state index in [1.54, 1.807) is 25.1 Å². The zero-order chi connectivity index (χ0) is 31.6. The van der Waals surface area contributed by atoms with E-state index in [1.807, 2.05) is 5.32 Å². The van der Waals surface area contributed by atoms with Crippen molar-refractivity contribution < 1.29 is 23.2 Å². The summed E-state index contributed by atoms with van der Waals surface area (Å²) in [6, 6.07) is 6.65. The van der Waals surface area contributed by atoms with Gasteiger partial charge in [-0.25, -0.2) is 4.98 Å². The summed E-state index contributed by atoms with van der Waals surface area (Å²) in [7, 11) is 3.55. The van der Waals surface area contributed by atoms with E-state index in [9.17, 15) is 14.4 Å². The van der Waals surface area contributed by atoms with Gasteiger partial charge in [0.2, 0.25) is 5.91 Å². The second-order valence-corrected chi connectivity index (χ2v) is 11.3. The smallest absolute Gasteiger partial charge is 0.273 e. The van der Waals surface area contributed by atoms with Crippen LogP contribution in [0.1, 0.15) is 49.2 Å². The summed E-state index contributed by atoms with van der Waals surface area (Å²) < 4.78 is 28.0. The maximum atomic E-state index is 13.0. The lowest BCUT2D eigenvalue weighted by Crippen LogP contribution is -2.30. The number of aryl methyl sites for hydroxylation is 1. The molecule has 1 aromatic carbocycles. The van der Waals surface area contributed by atoms with Gasteiger partial charge in [0.25, 0.3) is 11.8 Å². The molecular weight excluding hydrogens is 544 g/mol. The first-order chi connectivity index (χ1) is 20.9. The molecule has 5 rings (SSSR count). The summed E-state index contributed by atoms with van der Waals surface area (Å²) in [5, 5.41) is 19.1. The highest BCUT2D eigenvalue weighted by Crippen LogP contribution is 2.40. The van der Waals surface area contributed by atoms with E-state index in [2.05, 4.69) is 43.1 Å². The molecule has 4 N–H and O–H groups in total. The molecule has 1 atom stereocenters. The summed E-state index contributed by atoms with van der Waals surface area (Å²) in [5.74, 6) is -0.587. The fourth-order valence-corrected chi connectivity index (χ4v) is 5.76. The Labute approximate surface area is 246 Å². The predicted molar refractivity (Wildman–Crippen MR) is 157 cm³/mol. The number of methoxy groups -OCH3 is 1. The van der Waals surface area contributed by atoms with Crippen molar-refractivity contribution in [1.29, 1.82) is 0 Å². The molecule has 0 spiro atoms. The number of aromatic nitrogens is 3. The van der Waals surface area contributed by atoms with Gasteiger partial charge in [-0.2, -0.15) is 0 Å². The maximum absolute atomic E-state index is 13.0. The number of ether oxygens (including phenoxy) is 1. The number of carbonyl (C=O) groups excluding carboxylic acids is 3. The number of likely N-dealkylation sites (tertiary alicyclic amines) is 1. The molecule has 2 aliphatic rings. The Balaban J connectivity index is 1.42. The lowest BCUT2D eigenvalue weighted by atomic mass is 10.1. The normalized spacial score (nSPS) is 18.1. The van der Waals surface area contributed by atoms with Crippen LogP contribution < -0.4 is 26.0 Å². The number of anilines is 3. The van der Waals surface area contributed by atoms with Gasteiger partial charge in [0.05, 0.1) is 29.7 Å². The van der Waals surface area contributed by atoms with Gasteiger partial charge < -0.3 is 30.9 Å². The second-order valence-electron chi connectivity index (χ2n) is 10.3. The molecule has 1 unspecified atom stereocenters. The minimum atomic E-state index is -2.76. The molecular formula is C28H34N8O4S. The van der Waals surface area contributed by atoms with Crippen LogP contribution in [0.2, 0.25) is 0 Å². The molecule has 2 fully saturated rings. The van der Waals surface area contributed by atoms with Gasteiger partial charge in [-0.05, 0) is 57.8 Å². The SMILES string of the molecule is [2H]C([2H])([2H])NC(=O)c1nnc(NC(=O)C2CC2)cc1Nc1cccc(-c2nc(C)c(C(=O)NCC3CCN(C)C3)s2)c1OC. The Morgan fingerprint density at radius 1 is 1.17 bits per heavy atom. The van der Waals surface area contributed by atoms with E-state index < -0.39 is 12.9 Å². The van der Waals surface area contributed by atoms with Crippen LogP contribution in [0.4, 0.5) is 17.2 Å². The van der Waals surface area contributed by atoms with Crippen molar-refractivity contribution >= 4 is 46.3 Å². The third kappa shape index (κ3) is 6.46. The summed E-state index contributed by atoms with van der Waals surface area (Å²) in [6.45, 7) is 1.59. The highest BCUT2D eigenvalue weighted by Gasteiger charge is 2.30. The Kier molecular flexibility index (Phi) is 7.33. The average molecular weight is 582 g/mol. The lowest BCUT2D eigenvalue weighted by Gasteiger charge is -2.16. The van der Waals surface area contributed by atoms with Crippen molar-refractivity contribution in [1.82, 2.24) is 30.7 Å². The number of thiazole rings is 1. The van der Waals surface area contributed by atoms with E-state index in [0.29, 0.717) is 45.0 Å². The zero-order valence-corrected chi connectivity index (χ0v) is 23.9. The summed E-state index contributed by atoms with van der Waals surface area (Å²) in [4.78, 5) is 45.6. The molecule has 1 saturated heterocycles. The van der Waals surface area contributed by atoms with E-state index in [0.717, 1.165) is 32.4 Å². The number of carbonyl (C=O) groups is 3. The number of para-hydroxylation sites is 1. The molecule has 216 valence electrons. The van der Waals surface area contributed by atoms with Crippen molar-refractivity contribution in [2.45, 2.75) is 26.2 Å². The van der Waals surface area contributed by atoms with Crippen LogP contribution in [-0.4, -0.2) is 78.6 Å². The average Bonchev–Trinajstić information content (AvgIpc) is 3.63. The van der Waals surface area contributed by atoms with Gasteiger partial charge in [0, 0.05) is 36.2 Å². The third-order valence-corrected chi connectivity index (χ3v) is 8.27. The number of hydrogen-bond donors (Lipinski definition) is 4. The first-order valence-corrected chi connectivity index (χ1v) is 14.1. The van der Waals surface area contributed by atoms with Gasteiger partial charge in [-0.1, -0.05) is 6.07 Å². The van der Waals surface area contributed by atoms with Gasteiger partial charge in [-0.3, -0.25) is 14.4 Å². The number of hydrogen-bond acceptors (Lipinski definition) is 10. The highest BCUT2D eigenvalue weighted by atomic mass is 32.1. The maximum Gasteiger partial charge on any atom is 0.273 e. The minimum Gasteiger partial charge on any atom is -0.494 e. The van der Waals surface area contributed by atoms with Gasteiger partial charge in [0.15, 0.2) is 17.3 Å². The zero-order valence-electron chi connectivity index (χ0n) is 26.0.